The van der Waals surface area contributed by atoms with Gasteiger partial charge in [0.05, 0.1) is 17.2 Å². The van der Waals surface area contributed by atoms with Crippen LogP contribution in [-0.4, -0.2) is 34.0 Å². The fourth-order valence-electron chi connectivity index (χ4n) is 2.28. The van der Waals surface area contributed by atoms with Crippen LogP contribution in [0.3, 0.4) is 0 Å². The predicted molar refractivity (Wildman–Crippen MR) is 85.8 cm³/mol. The van der Waals surface area contributed by atoms with Crippen LogP contribution in [0.1, 0.15) is 15.9 Å². The summed E-state index contributed by atoms with van der Waals surface area (Å²) in [6.07, 6.45) is 0. The molecule has 1 amide bonds. The van der Waals surface area contributed by atoms with E-state index in [0.29, 0.717) is 0 Å². The van der Waals surface area contributed by atoms with Crippen LogP contribution in [0.4, 0.5) is 11.4 Å². The Morgan fingerprint density at radius 2 is 1.87 bits per heavy atom. The number of hydrogen-bond donors (Lipinski definition) is 2. The number of nitrogens with zero attached hydrogens (tertiary/aromatic N) is 2. The van der Waals surface area contributed by atoms with Gasteiger partial charge in [0, 0.05) is 19.2 Å². The fourth-order valence-corrected chi connectivity index (χ4v) is 2.28. The van der Waals surface area contributed by atoms with E-state index in [0.717, 1.165) is 5.56 Å². The second kappa shape index (κ2) is 7.37. The molecule has 0 saturated heterocycles. The molecule has 0 bridgehead atoms. The van der Waals surface area contributed by atoms with Gasteiger partial charge in [0.1, 0.15) is 5.56 Å². The minimum absolute atomic E-state index is 0.0419. The van der Waals surface area contributed by atoms with Crippen molar-refractivity contribution < 1.29 is 14.8 Å². The minimum atomic E-state index is -0.636. The molecule has 2 aromatic rings. The summed E-state index contributed by atoms with van der Waals surface area (Å²) in [5, 5.41) is 20.3. The standard InChI is InChI=1S/C16H17N3O4/c17-13-7-4-8-14(19(22)23)15(13)16(21)18(9-10-20)11-12-5-2-1-3-6-12/h1-8,20H,9-11,17H2. The van der Waals surface area contributed by atoms with Crippen LogP contribution in [-0.2, 0) is 6.54 Å². The van der Waals surface area contributed by atoms with Gasteiger partial charge in [-0.15, -0.1) is 0 Å². The highest BCUT2D eigenvalue weighted by Gasteiger charge is 2.27. The molecule has 7 nitrogen and oxygen atoms in total. The zero-order valence-electron chi connectivity index (χ0n) is 12.4. The van der Waals surface area contributed by atoms with Crippen LogP contribution in [0.15, 0.2) is 48.5 Å². The van der Waals surface area contributed by atoms with Gasteiger partial charge in [0.15, 0.2) is 0 Å². The number of nitro benzene ring substituents is 1. The highest BCUT2D eigenvalue weighted by molar-refractivity contribution is 6.03. The molecular formula is C16H17N3O4. The van der Waals surface area contributed by atoms with Crippen molar-refractivity contribution in [3.05, 3.63) is 69.8 Å². The van der Waals surface area contributed by atoms with Crippen LogP contribution >= 0.6 is 0 Å². The summed E-state index contributed by atoms with van der Waals surface area (Å²) in [5.41, 5.74) is 6.18. The molecule has 0 aliphatic carbocycles. The molecule has 0 fully saturated rings. The van der Waals surface area contributed by atoms with Gasteiger partial charge < -0.3 is 15.7 Å². The lowest BCUT2D eigenvalue weighted by Crippen LogP contribution is -2.34. The van der Waals surface area contributed by atoms with Crippen LogP contribution in [0, 0.1) is 10.1 Å². The van der Waals surface area contributed by atoms with Gasteiger partial charge in [-0.3, -0.25) is 14.9 Å². The first-order valence-corrected chi connectivity index (χ1v) is 7.01. The number of nitrogens with two attached hydrogens (primary N) is 1. The number of hydrogen-bond acceptors (Lipinski definition) is 5. The first-order chi connectivity index (χ1) is 11.0. The van der Waals surface area contributed by atoms with E-state index in [1.807, 2.05) is 30.3 Å². The van der Waals surface area contributed by atoms with Gasteiger partial charge in [-0.05, 0) is 11.6 Å². The number of rotatable bonds is 6. The van der Waals surface area contributed by atoms with Gasteiger partial charge in [-0.25, -0.2) is 0 Å². The van der Waals surface area contributed by atoms with Gasteiger partial charge in [-0.2, -0.15) is 0 Å². The topological polar surface area (TPSA) is 110 Å². The summed E-state index contributed by atoms with van der Waals surface area (Å²) >= 11 is 0. The molecule has 2 rings (SSSR count). The smallest absolute Gasteiger partial charge is 0.284 e. The lowest BCUT2D eigenvalue weighted by molar-refractivity contribution is -0.385. The van der Waals surface area contributed by atoms with Crippen molar-refractivity contribution in [2.75, 3.05) is 18.9 Å². The molecule has 120 valence electrons. The Hall–Kier alpha value is -2.93. The van der Waals surface area contributed by atoms with Crippen molar-refractivity contribution in [3.63, 3.8) is 0 Å². The molecule has 0 spiro atoms. The number of anilines is 1. The van der Waals surface area contributed by atoms with Crippen molar-refractivity contribution in [2.24, 2.45) is 0 Å². The van der Waals surface area contributed by atoms with E-state index in [4.69, 9.17) is 5.73 Å². The number of amides is 1. The first-order valence-electron chi connectivity index (χ1n) is 7.01. The monoisotopic (exact) mass is 315 g/mol. The number of nitrogen functional groups attached to an aromatic ring is 1. The Kier molecular flexibility index (Phi) is 5.27. The summed E-state index contributed by atoms with van der Waals surface area (Å²) in [6, 6.07) is 13.3. The number of aliphatic hydroxyl groups is 1. The highest BCUT2D eigenvalue weighted by atomic mass is 16.6. The molecule has 0 aliphatic rings. The summed E-state index contributed by atoms with van der Waals surface area (Å²) in [6.45, 7) is 0.0318. The minimum Gasteiger partial charge on any atom is -0.398 e. The Morgan fingerprint density at radius 1 is 1.17 bits per heavy atom. The van der Waals surface area contributed by atoms with Crippen LogP contribution in [0.25, 0.3) is 0 Å². The summed E-state index contributed by atoms with van der Waals surface area (Å²) in [7, 11) is 0. The predicted octanol–water partition coefficient (Wildman–Crippen LogP) is 1.81. The number of nitro groups is 1. The van der Waals surface area contributed by atoms with E-state index in [2.05, 4.69) is 0 Å². The van der Waals surface area contributed by atoms with E-state index in [9.17, 15) is 20.0 Å². The zero-order valence-corrected chi connectivity index (χ0v) is 12.4. The number of carbonyl (C=O) groups excluding carboxylic acids is 1. The lowest BCUT2D eigenvalue weighted by atomic mass is 10.1. The van der Waals surface area contributed by atoms with Gasteiger partial charge in [0.25, 0.3) is 11.6 Å². The van der Waals surface area contributed by atoms with Gasteiger partial charge in [-0.1, -0.05) is 36.4 Å². The van der Waals surface area contributed by atoms with Crippen molar-refractivity contribution >= 4 is 17.3 Å². The van der Waals surface area contributed by atoms with Crippen molar-refractivity contribution in [1.29, 1.82) is 0 Å². The Bertz CT molecular complexity index is 704. The summed E-state index contributed by atoms with van der Waals surface area (Å²) < 4.78 is 0. The maximum atomic E-state index is 12.7. The highest BCUT2D eigenvalue weighted by Crippen LogP contribution is 2.26. The van der Waals surface area contributed by atoms with E-state index in [1.165, 1.54) is 23.1 Å². The summed E-state index contributed by atoms with van der Waals surface area (Å²) in [5.74, 6) is -0.576. The van der Waals surface area contributed by atoms with E-state index in [-0.39, 0.29) is 36.6 Å². The van der Waals surface area contributed by atoms with E-state index in [1.54, 1.807) is 0 Å². The molecule has 0 heterocycles. The quantitative estimate of drug-likeness (QED) is 0.480. The Labute approximate surface area is 133 Å². The van der Waals surface area contributed by atoms with Crippen LogP contribution in [0.2, 0.25) is 0 Å². The lowest BCUT2D eigenvalue weighted by Gasteiger charge is -2.22. The Morgan fingerprint density at radius 3 is 2.48 bits per heavy atom. The molecule has 3 N–H and O–H groups in total. The molecule has 0 aliphatic heterocycles. The number of aliphatic hydroxyl groups excluding tert-OH is 1. The second-order valence-corrected chi connectivity index (χ2v) is 4.93. The van der Waals surface area contributed by atoms with Gasteiger partial charge in [0.2, 0.25) is 0 Å². The van der Waals surface area contributed by atoms with Crippen LogP contribution in [0.5, 0.6) is 0 Å². The van der Waals surface area contributed by atoms with Crippen molar-refractivity contribution in [3.8, 4) is 0 Å². The molecule has 0 radical (unpaired) electrons. The van der Waals surface area contributed by atoms with Crippen LogP contribution < -0.4 is 5.73 Å². The molecular weight excluding hydrogens is 298 g/mol. The van der Waals surface area contributed by atoms with Crippen molar-refractivity contribution in [1.82, 2.24) is 4.90 Å². The largest absolute Gasteiger partial charge is 0.398 e. The third-order valence-electron chi connectivity index (χ3n) is 3.36. The normalized spacial score (nSPS) is 10.3. The van der Waals surface area contributed by atoms with Gasteiger partial charge >= 0.3 is 0 Å². The first kappa shape index (κ1) is 16.4. The Balaban J connectivity index is 2.37. The SMILES string of the molecule is Nc1cccc([N+](=O)[O-])c1C(=O)N(CCO)Cc1ccccc1. The average Bonchev–Trinajstić information content (AvgIpc) is 2.54. The molecule has 7 heteroatoms. The molecule has 0 saturated carbocycles. The maximum Gasteiger partial charge on any atom is 0.284 e. The molecule has 2 aromatic carbocycles. The van der Waals surface area contributed by atoms with E-state index < -0.39 is 10.8 Å². The molecule has 23 heavy (non-hydrogen) atoms. The second-order valence-electron chi connectivity index (χ2n) is 4.93. The maximum absolute atomic E-state index is 12.7. The third kappa shape index (κ3) is 3.83. The number of carbonyl (C=O) groups is 1. The van der Waals surface area contributed by atoms with E-state index >= 15 is 0 Å². The molecule has 0 aromatic heterocycles. The number of benzene rings is 2. The molecule has 0 unspecified atom stereocenters. The fraction of sp³-hybridized carbons (Fsp3) is 0.188. The third-order valence-corrected chi connectivity index (χ3v) is 3.36. The average molecular weight is 315 g/mol. The summed E-state index contributed by atoms with van der Waals surface area (Å²) in [4.78, 5) is 24.6. The zero-order chi connectivity index (χ0) is 16.8. The van der Waals surface area contributed by atoms with Crippen molar-refractivity contribution in [2.45, 2.75) is 6.54 Å². The molecule has 0 atom stereocenters.